The van der Waals surface area contributed by atoms with Crippen LogP contribution in [-0.2, 0) is 11.3 Å². The standard InChI is InChI=1S/C15H22N4O/c1-3-16-9-8-15(20)17-10-11-19-12(2)18-13-6-4-5-7-14(13)19/h4-7,16H,3,8-11H2,1-2H3,(H,17,20). The molecule has 0 aliphatic heterocycles. The highest BCUT2D eigenvalue weighted by Crippen LogP contribution is 2.14. The molecule has 108 valence electrons. The minimum atomic E-state index is 0.0908. The first-order valence-corrected chi connectivity index (χ1v) is 7.11. The van der Waals surface area contributed by atoms with Crippen LogP contribution in [0.3, 0.4) is 0 Å². The first-order chi connectivity index (χ1) is 9.72. The van der Waals surface area contributed by atoms with Crippen molar-refractivity contribution in [2.24, 2.45) is 0 Å². The number of nitrogens with one attached hydrogen (secondary N) is 2. The summed E-state index contributed by atoms with van der Waals surface area (Å²) in [5.41, 5.74) is 2.12. The molecule has 2 aromatic rings. The molecule has 0 aliphatic rings. The molecule has 0 unspecified atom stereocenters. The van der Waals surface area contributed by atoms with Crippen LogP contribution in [0.2, 0.25) is 0 Å². The Kier molecular flexibility index (Phi) is 5.12. The Bertz CT molecular complexity index is 576. The van der Waals surface area contributed by atoms with Gasteiger partial charge in [0, 0.05) is 26.1 Å². The fraction of sp³-hybridized carbons (Fsp3) is 0.467. The Morgan fingerprint density at radius 1 is 1.30 bits per heavy atom. The second kappa shape index (κ2) is 7.05. The number of rotatable bonds is 7. The van der Waals surface area contributed by atoms with Gasteiger partial charge < -0.3 is 15.2 Å². The predicted octanol–water partition coefficient (Wildman–Crippen LogP) is 1.46. The van der Waals surface area contributed by atoms with Gasteiger partial charge in [-0.3, -0.25) is 4.79 Å². The number of aromatic nitrogens is 2. The van der Waals surface area contributed by atoms with E-state index < -0.39 is 0 Å². The molecule has 1 aromatic carbocycles. The largest absolute Gasteiger partial charge is 0.354 e. The van der Waals surface area contributed by atoms with Crippen LogP contribution in [0.4, 0.5) is 0 Å². The van der Waals surface area contributed by atoms with Crippen molar-refractivity contribution in [1.82, 2.24) is 20.2 Å². The number of carbonyl (C=O) groups is 1. The molecule has 1 heterocycles. The third-order valence-electron chi connectivity index (χ3n) is 3.28. The third-order valence-corrected chi connectivity index (χ3v) is 3.28. The molecule has 0 atom stereocenters. The molecule has 0 saturated heterocycles. The van der Waals surface area contributed by atoms with Crippen LogP contribution in [0.25, 0.3) is 11.0 Å². The number of fused-ring (bicyclic) bond motifs is 1. The van der Waals surface area contributed by atoms with Crippen molar-refractivity contribution in [1.29, 1.82) is 0 Å². The van der Waals surface area contributed by atoms with Gasteiger partial charge in [0.2, 0.25) is 5.91 Å². The zero-order valence-electron chi connectivity index (χ0n) is 12.1. The lowest BCUT2D eigenvalue weighted by molar-refractivity contribution is -0.121. The van der Waals surface area contributed by atoms with Crippen LogP contribution in [0.5, 0.6) is 0 Å². The van der Waals surface area contributed by atoms with E-state index in [4.69, 9.17) is 0 Å². The monoisotopic (exact) mass is 274 g/mol. The van der Waals surface area contributed by atoms with Crippen LogP contribution in [-0.4, -0.2) is 35.1 Å². The van der Waals surface area contributed by atoms with Crippen molar-refractivity contribution < 1.29 is 4.79 Å². The molecule has 5 nitrogen and oxygen atoms in total. The summed E-state index contributed by atoms with van der Waals surface area (Å²) in [6.07, 6.45) is 0.525. The average Bonchev–Trinajstić information content (AvgIpc) is 2.75. The van der Waals surface area contributed by atoms with Gasteiger partial charge in [0.25, 0.3) is 0 Å². The van der Waals surface area contributed by atoms with E-state index in [2.05, 4.69) is 26.3 Å². The van der Waals surface area contributed by atoms with Gasteiger partial charge in [-0.2, -0.15) is 0 Å². The van der Waals surface area contributed by atoms with E-state index >= 15 is 0 Å². The Hall–Kier alpha value is -1.88. The summed E-state index contributed by atoms with van der Waals surface area (Å²) in [7, 11) is 0. The topological polar surface area (TPSA) is 59.0 Å². The molecular weight excluding hydrogens is 252 g/mol. The maximum atomic E-state index is 11.6. The van der Waals surface area contributed by atoms with E-state index in [9.17, 15) is 4.79 Å². The van der Waals surface area contributed by atoms with Crippen LogP contribution >= 0.6 is 0 Å². The highest BCUT2D eigenvalue weighted by atomic mass is 16.1. The highest BCUT2D eigenvalue weighted by Gasteiger charge is 2.06. The number of amides is 1. The van der Waals surface area contributed by atoms with Gasteiger partial charge in [0.15, 0.2) is 0 Å². The summed E-state index contributed by atoms with van der Waals surface area (Å²) in [6.45, 7) is 7.03. The second-order valence-electron chi connectivity index (χ2n) is 4.75. The molecule has 2 N–H and O–H groups in total. The second-order valence-corrected chi connectivity index (χ2v) is 4.75. The number of hydrogen-bond donors (Lipinski definition) is 2. The van der Waals surface area contributed by atoms with Gasteiger partial charge in [0.1, 0.15) is 5.82 Å². The van der Waals surface area contributed by atoms with Gasteiger partial charge in [-0.25, -0.2) is 4.98 Å². The summed E-state index contributed by atoms with van der Waals surface area (Å²) in [4.78, 5) is 16.1. The lowest BCUT2D eigenvalue weighted by atomic mass is 10.3. The van der Waals surface area contributed by atoms with Gasteiger partial charge >= 0.3 is 0 Å². The van der Waals surface area contributed by atoms with E-state index in [1.807, 2.05) is 32.0 Å². The number of nitrogens with zero attached hydrogens (tertiary/aromatic N) is 2. The first-order valence-electron chi connectivity index (χ1n) is 7.11. The van der Waals surface area contributed by atoms with Crippen molar-refractivity contribution in [2.45, 2.75) is 26.8 Å². The van der Waals surface area contributed by atoms with Gasteiger partial charge in [-0.05, 0) is 25.6 Å². The van der Waals surface area contributed by atoms with Crippen molar-refractivity contribution >= 4 is 16.9 Å². The number of hydrogen-bond acceptors (Lipinski definition) is 3. The minimum absolute atomic E-state index is 0.0908. The Balaban J connectivity index is 1.87. The zero-order chi connectivity index (χ0) is 14.4. The average molecular weight is 274 g/mol. The van der Waals surface area contributed by atoms with Gasteiger partial charge in [-0.15, -0.1) is 0 Å². The summed E-state index contributed by atoms with van der Waals surface area (Å²) in [5, 5.41) is 6.08. The Morgan fingerprint density at radius 2 is 2.10 bits per heavy atom. The summed E-state index contributed by atoms with van der Waals surface area (Å²) in [5.74, 6) is 1.07. The third kappa shape index (κ3) is 3.57. The number of para-hydroxylation sites is 2. The lowest BCUT2D eigenvalue weighted by Gasteiger charge is -2.08. The lowest BCUT2D eigenvalue weighted by Crippen LogP contribution is -2.30. The summed E-state index contributed by atoms with van der Waals surface area (Å²) < 4.78 is 2.14. The van der Waals surface area contributed by atoms with E-state index in [1.165, 1.54) is 0 Å². The smallest absolute Gasteiger partial charge is 0.221 e. The number of carbonyl (C=O) groups excluding carboxylic acids is 1. The first kappa shape index (κ1) is 14.5. The molecule has 0 saturated carbocycles. The molecule has 2 rings (SSSR count). The molecule has 1 amide bonds. The van der Waals surface area contributed by atoms with Gasteiger partial charge in [-0.1, -0.05) is 19.1 Å². The SMILES string of the molecule is CCNCCC(=O)NCCn1c(C)nc2ccccc21. The molecule has 5 heteroatoms. The zero-order valence-corrected chi connectivity index (χ0v) is 12.1. The molecule has 20 heavy (non-hydrogen) atoms. The maximum absolute atomic E-state index is 11.6. The number of aryl methyl sites for hydroxylation is 1. The van der Waals surface area contributed by atoms with E-state index in [0.29, 0.717) is 13.0 Å². The van der Waals surface area contributed by atoms with Crippen molar-refractivity contribution in [2.75, 3.05) is 19.6 Å². The predicted molar refractivity (Wildman–Crippen MR) is 80.6 cm³/mol. The molecule has 0 radical (unpaired) electrons. The van der Waals surface area contributed by atoms with Crippen LogP contribution in [0.1, 0.15) is 19.2 Å². The fourth-order valence-electron chi connectivity index (χ4n) is 2.25. The Labute approximate surface area is 119 Å². The summed E-state index contributed by atoms with van der Waals surface area (Å²) in [6, 6.07) is 8.06. The van der Waals surface area contributed by atoms with E-state index in [-0.39, 0.29) is 5.91 Å². The molecule has 1 aromatic heterocycles. The fourth-order valence-corrected chi connectivity index (χ4v) is 2.25. The van der Waals surface area contributed by atoms with Crippen molar-refractivity contribution in [3.63, 3.8) is 0 Å². The van der Waals surface area contributed by atoms with E-state index in [1.54, 1.807) is 0 Å². The van der Waals surface area contributed by atoms with Gasteiger partial charge in [0.05, 0.1) is 11.0 Å². The molecule has 0 bridgehead atoms. The van der Waals surface area contributed by atoms with Crippen LogP contribution in [0.15, 0.2) is 24.3 Å². The summed E-state index contributed by atoms with van der Waals surface area (Å²) >= 11 is 0. The number of imidazole rings is 1. The number of benzene rings is 1. The molecular formula is C15H22N4O. The van der Waals surface area contributed by atoms with Crippen molar-refractivity contribution in [3.8, 4) is 0 Å². The maximum Gasteiger partial charge on any atom is 0.221 e. The minimum Gasteiger partial charge on any atom is -0.354 e. The van der Waals surface area contributed by atoms with E-state index in [0.717, 1.165) is 36.5 Å². The Morgan fingerprint density at radius 3 is 2.90 bits per heavy atom. The molecule has 0 aliphatic carbocycles. The molecule has 0 spiro atoms. The normalized spacial score (nSPS) is 10.9. The van der Waals surface area contributed by atoms with Crippen molar-refractivity contribution in [3.05, 3.63) is 30.1 Å². The highest BCUT2D eigenvalue weighted by molar-refractivity contribution is 5.76. The quantitative estimate of drug-likeness (QED) is 0.752. The molecule has 0 fully saturated rings. The van der Waals surface area contributed by atoms with Crippen LogP contribution < -0.4 is 10.6 Å². The van der Waals surface area contributed by atoms with Crippen LogP contribution in [0, 0.1) is 6.92 Å².